The molecule has 0 aliphatic carbocycles. The highest BCUT2D eigenvalue weighted by molar-refractivity contribution is 8.01. The number of unbranched alkanes of at least 4 members (excludes halogenated alkanes) is 2. The first-order chi connectivity index (χ1) is 11.5. The maximum absolute atomic E-state index is 12.2. The van der Waals surface area contributed by atoms with Gasteiger partial charge in [0, 0.05) is 26.4 Å². The Morgan fingerprint density at radius 1 is 1.25 bits per heavy atom. The summed E-state index contributed by atoms with van der Waals surface area (Å²) in [4.78, 5) is 48.0. The first kappa shape index (κ1) is 20.2. The fourth-order valence-electron chi connectivity index (χ4n) is 2.25. The van der Waals surface area contributed by atoms with Crippen LogP contribution in [0.4, 0.5) is 0 Å². The van der Waals surface area contributed by atoms with Crippen molar-refractivity contribution in [1.82, 2.24) is 15.5 Å². The van der Waals surface area contributed by atoms with Gasteiger partial charge < -0.3 is 10.6 Å². The molecule has 1 aliphatic rings. The van der Waals surface area contributed by atoms with Gasteiger partial charge in [0.05, 0.1) is 11.0 Å². The van der Waals surface area contributed by atoms with Crippen LogP contribution in [0.2, 0.25) is 0 Å². The smallest absolute Gasteiger partial charge is 0.242 e. The molecule has 0 saturated carbocycles. The second-order valence-electron chi connectivity index (χ2n) is 5.44. The van der Waals surface area contributed by atoms with Crippen LogP contribution in [0.15, 0.2) is 12.3 Å². The second-order valence-corrected chi connectivity index (χ2v) is 6.63. The van der Waals surface area contributed by atoms with Crippen LogP contribution in [0, 0.1) is 0 Å². The van der Waals surface area contributed by atoms with Crippen molar-refractivity contribution >= 4 is 35.4 Å². The molecule has 0 aromatic carbocycles. The Labute approximate surface area is 146 Å². The SMILES string of the molecule is C/C=C\NC(=O)CCCCCN1C(=O)CC(SCC(=O)NC)C1=O. The number of nitrogens with zero attached hydrogens (tertiary/aromatic N) is 1. The van der Waals surface area contributed by atoms with Gasteiger partial charge in [-0.25, -0.2) is 0 Å². The van der Waals surface area contributed by atoms with Gasteiger partial charge in [-0.1, -0.05) is 12.5 Å². The summed E-state index contributed by atoms with van der Waals surface area (Å²) in [5.74, 6) is -0.406. The third-order valence-corrected chi connectivity index (χ3v) is 4.79. The normalized spacial score (nSPS) is 17.6. The monoisotopic (exact) mass is 355 g/mol. The predicted octanol–water partition coefficient (Wildman–Crippen LogP) is 0.803. The van der Waals surface area contributed by atoms with Crippen molar-refractivity contribution in [3.63, 3.8) is 0 Å². The number of nitrogens with one attached hydrogen (secondary N) is 2. The molecule has 0 spiro atoms. The van der Waals surface area contributed by atoms with Gasteiger partial charge in [-0.05, 0) is 26.0 Å². The number of carbonyl (C=O) groups is 4. The molecule has 134 valence electrons. The van der Waals surface area contributed by atoms with Crippen molar-refractivity contribution in [2.24, 2.45) is 0 Å². The molecule has 1 fully saturated rings. The number of imide groups is 1. The quantitative estimate of drug-likeness (QED) is 0.446. The fraction of sp³-hybridized carbons (Fsp3) is 0.625. The van der Waals surface area contributed by atoms with Crippen LogP contribution < -0.4 is 10.6 Å². The van der Waals surface area contributed by atoms with Crippen molar-refractivity contribution in [2.45, 2.75) is 44.3 Å². The van der Waals surface area contributed by atoms with Crippen molar-refractivity contribution in [2.75, 3.05) is 19.3 Å². The molecule has 7 nitrogen and oxygen atoms in total. The average molecular weight is 355 g/mol. The molecule has 0 aromatic heterocycles. The lowest BCUT2D eigenvalue weighted by atomic mass is 10.2. The van der Waals surface area contributed by atoms with E-state index in [1.165, 1.54) is 23.7 Å². The molecule has 1 atom stereocenters. The van der Waals surface area contributed by atoms with Crippen LogP contribution >= 0.6 is 11.8 Å². The lowest BCUT2D eigenvalue weighted by molar-refractivity contribution is -0.138. The molecular formula is C16H25N3O4S. The van der Waals surface area contributed by atoms with Crippen molar-refractivity contribution < 1.29 is 19.2 Å². The molecule has 1 rings (SSSR count). The van der Waals surface area contributed by atoms with Crippen LogP contribution in [0.5, 0.6) is 0 Å². The van der Waals surface area contributed by atoms with Crippen LogP contribution in [0.1, 0.15) is 39.0 Å². The van der Waals surface area contributed by atoms with Crippen molar-refractivity contribution in [3.8, 4) is 0 Å². The standard InChI is InChI=1S/C16H25N3O4S/c1-3-8-18-13(20)7-5-4-6-9-19-15(22)10-12(16(19)23)24-11-14(21)17-2/h3,8,12H,4-7,9-11H2,1-2H3,(H,17,21)(H,18,20)/b8-3-. The van der Waals surface area contributed by atoms with E-state index < -0.39 is 5.25 Å². The van der Waals surface area contributed by atoms with Crippen LogP contribution in [-0.4, -0.2) is 53.1 Å². The number of allylic oxidation sites excluding steroid dienone is 1. The van der Waals surface area contributed by atoms with E-state index in [9.17, 15) is 19.2 Å². The molecule has 24 heavy (non-hydrogen) atoms. The predicted molar refractivity (Wildman–Crippen MR) is 93.1 cm³/mol. The van der Waals surface area contributed by atoms with Gasteiger partial charge in [0.25, 0.3) is 0 Å². The fourth-order valence-corrected chi connectivity index (χ4v) is 3.27. The lowest BCUT2D eigenvalue weighted by Gasteiger charge is -2.14. The first-order valence-corrected chi connectivity index (χ1v) is 9.11. The molecule has 0 radical (unpaired) electrons. The second kappa shape index (κ2) is 10.9. The Hall–Kier alpha value is -1.83. The van der Waals surface area contributed by atoms with Gasteiger partial charge in [-0.2, -0.15) is 0 Å². The maximum atomic E-state index is 12.2. The zero-order valence-electron chi connectivity index (χ0n) is 14.2. The van der Waals surface area contributed by atoms with Crippen LogP contribution in [0.3, 0.4) is 0 Å². The molecular weight excluding hydrogens is 330 g/mol. The summed E-state index contributed by atoms with van der Waals surface area (Å²) < 4.78 is 0. The summed E-state index contributed by atoms with van der Waals surface area (Å²) in [6.45, 7) is 2.20. The summed E-state index contributed by atoms with van der Waals surface area (Å²) in [7, 11) is 1.54. The van der Waals surface area contributed by atoms with Crippen molar-refractivity contribution in [3.05, 3.63) is 12.3 Å². The number of rotatable bonds is 10. The summed E-state index contributed by atoms with van der Waals surface area (Å²) in [5, 5.41) is 4.67. The first-order valence-electron chi connectivity index (χ1n) is 8.06. The minimum absolute atomic E-state index is 0.0351. The topological polar surface area (TPSA) is 95.6 Å². The largest absolute Gasteiger partial charge is 0.358 e. The summed E-state index contributed by atoms with van der Waals surface area (Å²) in [5.41, 5.74) is 0. The molecule has 1 saturated heterocycles. The van der Waals surface area contributed by atoms with Gasteiger partial charge in [0.15, 0.2) is 0 Å². The van der Waals surface area contributed by atoms with Gasteiger partial charge in [0.2, 0.25) is 23.6 Å². The van der Waals surface area contributed by atoms with Crippen LogP contribution in [-0.2, 0) is 19.2 Å². The van der Waals surface area contributed by atoms with E-state index in [4.69, 9.17) is 0 Å². The van der Waals surface area contributed by atoms with Crippen LogP contribution in [0.25, 0.3) is 0 Å². The van der Waals surface area contributed by atoms with E-state index in [1.54, 1.807) is 12.3 Å². The number of amides is 4. The third-order valence-electron chi connectivity index (χ3n) is 3.59. The molecule has 1 unspecified atom stereocenters. The summed E-state index contributed by atoms with van der Waals surface area (Å²) in [6.07, 6.45) is 6.11. The Kier molecular flexibility index (Phi) is 9.14. The van der Waals surface area contributed by atoms with E-state index in [1.807, 2.05) is 6.92 Å². The highest BCUT2D eigenvalue weighted by atomic mass is 32.2. The minimum Gasteiger partial charge on any atom is -0.358 e. The zero-order chi connectivity index (χ0) is 17.9. The molecule has 8 heteroatoms. The number of carbonyl (C=O) groups excluding carboxylic acids is 4. The Balaban J connectivity index is 2.25. The maximum Gasteiger partial charge on any atom is 0.242 e. The highest BCUT2D eigenvalue weighted by Crippen LogP contribution is 2.25. The number of hydrogen-bond acceptors (Lipinski definition) is 5. The molecule has 0 bridgehead atoms. The van der Waals surface area contributed by atoms with E-state index in [-0.39, 0.29) is 35.8 Å². The molecule has 1 aliphatic heterocycles. The third kappa shape index (κ3) is 6.74. The number of thioether (sulfide) groups is 1. The zero-order valence-corrected chi connectivity index (χ0v) is 15.0. The van der Waals surface area contributed by atoms with E-state index >= 15 is 0 Å². The van der Waals surface area contributed by atoms with Gasteiger partial charge in [0.1, 0.15) is 0 Å². The Bertz CT molecular complexity index is 508. The van der Waals surface area contributed by atoms with Gasteiger partial charge in [-0.3, -0.25) is 24.1 Å². The Morgan fingerprint density at radius 3 is 2.67 bits per heavy atom. The molecule has 1 heterocycles. The highest BCUT2D eigenvalue weighted by Gasteiger charge is 2.38. The van der Waals surface area contributed by atoms with E-state index in [0.29, 0.717) is 25.8 Å². The number of likely N-dealkylation sites (tertiary alicyclic amines) is 1. The minimum atomic E-state index is -0.457. The summed E-state index contributed by atoms with van der Waals surface area (Å²) >= 11 is 1.20. The molecule has 4 amide bonds. The Morgan fingerprint density at radius 2 is 2.00 bits per heavy atom. The van der Waals surface area contributed by atoms with Gasteiger partial charge in [-0.15, -0.1) is 11.8 Å². The van der Waals surface area contributed by atoms with E-state index in [0.717, 1.165) is 6.42 Å². The molecule has 2 N–H and O–H groups in total. The van der Waals surface area contributed by atoms with E-state index in [2.05, 4.69) is 10.6 Å². The molecule has 0 aromatic rings. The average Bonchev–Trinajstić information content (AvgIpc) is 2.84. The van der Waals surface area contributed by atoms with Crippen molar-refractivity contribution in [1.29, 1.82) is 0 Å². The number of hydrogen-bond donors (Lipinski definition) is 2. The summed E-state index contributed by atoms with van der Waals surface area (Å²) in [6, 6.07) is 0. The van der Waals surface area contributed by atoms with Gasteiger partial charge >= 0.3 is 0 Å². The lowest BCUT2D eigenvalue weighted by Crippen LogP contribution is -2.32.